The molecule has 2 aromatic carbocycles. The molecule has 27 heavy (non-hydrogen) atoms. The highest BCUT2D eigenvalue weighted by atomic mass is 19.4. The normalized spacial score (nSPS) is 15.7. The maximum atomic E-state index is 12.9. The fourth-order valence-corrected chi connectivity index (χ4v) is 3.03. The van der Waals surface area contributed by atoms with Crippen LogP contribution in [0.2, 0.25) is 0 Å². The van der Waals surface area contributed by atoms with Gasteiger partial charge in [0.15, 0.2) is 5.78 Å². The zero-order valence-electron chi connectivity index (χ0n) is 14.7. The van der Waals surface area contributed by atoms with E-state index in [0.717, 1.165) is 23.4 Å². The number of ketones is 1. The van der Waals surface area contributed by atoms with Gasteiger partial charge < -0.3 is 9.64 Å². The number of nitrogens with zero attached hydrogens (tertiary/aromatic N) is 1. The lowest BCUT2D eigenvalue weighted by molar-refractivity contribution is -0.137. The van der Waals surface area contributed by atoms with Crippen LogP contribution in [0.4, 0.5) is 13.2 Å². The third-order valence-electron chi connectivity index (χ3n) is 4.35. The number of morpholine rings is 1. The Hall–Kier alpha value is -2.60. The van der Waals surface area contributed by atoms with Gasteiger partial charge in [-0.05, 0) is 17.2 Å². The summed E-state index contributed by atoms with van der Waals surface area (Å²) in [4.78, 5) is 14.7. The quantitative estimate of drug-likeness (QED) is 0.734. The van der Waals surface area contributed by atoms with Gasteiger partial charge in [-0.1, -0.05) is 48.5 Å². The zero-order valence-corrected chi connectivity index (χ0v) is 14.7. The summed E-state index contributed by atoms with van der Waals surface area (Å²) in [5.41, 5.74) is 1.28. The highest BCUT2D eigenvalue weighted by molar-refractivity contribution is 5.97. The van der Waals surface area contributed by atoms with Crippen LogP contribution in [-0.2, 0) is 22.1 Å². The van der Waals surface area contributed by atoms with Crippen LogP contribution in [0.15, 0.2) is 60.7 Å². The number of ether oxygens (including phenoxy) is 1. The third kappa shape index (κ3) is 5.20. The first-order valence-electron chi connectivity index (χ1n) is 8.72. The molecule has 1 aliphatic heterocycles. The van der Waals surface area contributed by atoms with Crippen LogP contribution in [0.25, 0.3) is 5.70 Å². The van der Waals surface area contributed by atoms with Crippen LogP contribution in [-0.4, -0.2) is 37.0 Å². The van der Waals surface area contributed by atoms with Crippen molar-refractivity contribution in [2.45, 2.75) is 12.6 Å². The molecule has 2 aromatic rings. The van der Waals surface area contributed by atoms with Gasteiger partial charge in [0, 0.05) is 31.3 Å². The van der Waals surface area contributed by atoms with Crippen LogP contribution < -0.4 is 0 Å². The molecule has 1 saturated heterocycles. The van der Waals surface area contributed by atoms with Gasteiger partial charge in [0.25, 0.3) is 0 Å². The fraction of sp³-hybridized carbons (Fsp3) is 0.286. The molecule has 3 rings (SSSR count). The van der Waals surface area contributed by atoms with Gasteiger partial charge in [-0.3, -0.25) is 4.79 Å². The van der Waals surface area contributed by atoms with Crippen LogP contribution in [0, 0.1) is 0 Å². The van der Waals surface area contributed by atoms with E-state index < -0.39 is 11.7 Å². The predicted molar refractivity (Wildman–Crippen MR) is 97.0 cm³/mol. The van der Waals surface area contributed by atoms with Gasteiger partial charge in [-0.25, -0.2) is 0 Å². The first-order chi connectivity index (χ1) is 12.9. The van der Waals surface area contributed by atoms with Crippen molar-refractivity contribution >= 4 is 11.5 Å². The molecule has 6 heteroatoms. The number of rotatable bonds is 5. The Morgan fingerprint density at radius 3 is 2.41 bits per heavy atom. The van der Waals surface area contributed by atoms with Gasteiger partial charge in [-0.15, -0.1) is 0 Å². The molecule has 0 atom stereocenters. The molecule has 0 unspecified atom stereocenters. The van der Waals surface area contributed by atoms with E-state index in [9.17, 15) is 18.0 Å². The summed E-state index contributed by atoms with van der Waals surface area (Å²) in [7, 11) is 0. The first kappa shape index (κ1) is 19.2. The zero-order chi connectivity index (χ0) is 19.3. The lowest BCUT2D eigenvalue weighted by Gasteiger charge is -2.31. The molecule has 1 heterocycles. The van der Waals surface area contributed by atoms with Gasteiger partial charge in [0.1, 0.15) is 0 Å². The van der Waals surface area contributed by atoms with Gasteiger partial charge in [-0.2, -0.15) is 13.2 Å². The van der Waals surface area contributed by atoms with Gasteiger partial charge in [0.05, 0.1) is 18.8 Å². The number of halogens is 3. The van der Waals surface area contributed by atoms with Gasteiger partial charge >= 0.3 is 6.18 Å². The van der Waals surface area contributed by atoms with E-state index in [0.29, 0.717) is 31.9 Å². The highest BCUT2D eigenvalue weighted by Crippen LogP contribution is 2.29. The lowest BCUT2D eigenvalue weighted by atomic mass is 10.0. The first-order valence-corrected chi connectivity index (χ1v) is 8.72. The number of carbonyl (C=O) groups is 1. The molecule has 1 fully saturated rings. The molecule has 0 spiro atoms. The minimum atomic E-state index is -4.42. The van der Waals surface area contributed by atoms with Crippen molar-refractivity contribution < 1.29 is 22.7 Å². The molecule has 0 bridgehead atoms. The summed E-state index contributed by atoms with van der Waals surface area (Å²) in [5, 5.41) is 0. The van der Waals surface area contributed by atoms with Crippen LogP contribution in [0.1, 0.15) is 16.7 Å². The molecule has 0 saturated carbocycles. The Kier molecular flexibility index (Phi) is 5.96. The Morgan fingerprint density at radius 2 is 1.74 bits per heavy atom. The molecule has 0 aromatic heterocycles. The number of benzene rings is 2. The molecule has 142 valence electrons. The summed E-state index contributed by atoms with van der Waals surface area (Å²) in [6, 6.07) is 14.4. The van der Waals surface area contributed by atoms with Crippen molar-refractivity contribution in [3.8, 4) is 0 Å². The van der Waals surface area contributed by atoms with E-state index in [4.69, 9.17) is 4.74 Å². The minimum Gasteiger partial charge on any atom is -0.378 e. The maximum absolute atomic E-state index is 12.9. The van der Waals surface area contributed by atoms with Crippen molar-refractivity contribution in [2.24, 2.45) is 0 Å². The Labute approximate surface area is 156 Å². The van der Waals surface area contributed by atoms with Crippen LogP contribution in [0.3, 0.4) is 0 Å². The second-order valence-electron chi connectivity index (χ2n) is 6.34. The summed E-state index contributed by atoms with van der Waals surface area (Å²) >= 11 is 0. The maximum Gasteiger partial charge on any atom is 0.416 e. The molecule has 1 aliphatic rings. The van der Waals surface area contributed by atoms with E-state index in [1.54, 1.807) is 0 Å². The molecular weight excluding hydrogens is 355 g/mol. The van der Waals surface area contributed by atoms with E-state index in [-0.39, 0.29) is 12.2 Å². The third-order valence-corrected chi connectivity index (χ3v) is 4.35. The van der Waals surface area contributed by atoms with E-state index in [1.165, 1.54) is 18.2 Å². The summed E-state index contributed by atoms with van der Waals surface area (Å²) in [6.45, 7) is 2.48. The number of alkyl halides is 3. The molecule has 0 radical (unpaired) electrons. The Bertz CT molecular complexity index is 810. The number of allylic oxidation sites excluding steroid dienone is 1. The molecule has 0 N–H and O–H groups in total. The molecular formula is C21H20F3NO2. The van der Waals surface area contributed by atoms with Crippen LogP contribution >= 0.6 is 0 Å². The summed E-state index contributed by atoms with van der Waals surface area (Å²) in [6.07, 6.45) is -2.97. The van der Waals surface area contributed by atoms with E-state index in [2.05, 4.69) is 4.90 Å². The lowest BCUT2D eigenvalue weighted by Crippen LogP contribution is -2.35. The monoisotopic (exact) mass is 375 g/mol. The number of hydrogen-bond donors (Lipinski definition) is 0. The van der Waals surface area contributed by atoms with E-state index in [1.807, 2.05) is 30.3 Å². The second-order valence-corrected chi connectivity index (χ2v) is 6.34. The van der Waals surface area contributed by atoms with Crippen molar-refractivity contribution in [1.82, 2.24) is 4.90 Å². The van der Waals surface area contributed by atoms with Crippen molar-refractivity contribution in [1.29, 1.82) is 0 Å². The minimum absolute atomic E-state index is 0.0788. The average molecular weight is 375 g/mol. The number of carbonyl (C=O) groups excluding carboxylic acids is 1. The van der Waals surface area contributed by atoms with E-state index >= 15 is 0 Å². The van der Waals surface area contributed by atoms with Crippen molar-refractivity contribution in [3.63, 3.8) is 0 Å². The van der Waals surface area contributed by atoms with Crippen molar-refractivity contribution in [3.05, 3.63) is 77.4 Å². The smallest absolute Gasteiger partial charge is 0.378 e. The Balaban J connectivity index is 1.83. The molecule has 3 nitrogen and oxygen atoms in total. The largest absolute Gasteiger partial charge is 0.416 e. The van der Waals surface area contributed by atoms with Crippen LogP contribution in [0.5, 0.6) is 0 Å². The van der Waals surface area contributed by atoms with Gasteiger partial charge in [0.2, 0.25) is 0 Å². The predicted octanol–water partition coefficient (Wildman–Crippen LogP) is 4.19. The molecule has 0 amide bonds. The number of hydrogen-bond acceptors (Lipinski definition) is 3. The Morgan fingerprint density at radius 1 is 1.04 bits per heavy atom. The topological polar surface area (TPSA) is 29.5 Å². The van der Waals surface area contributed by atoms with Crippen molar-refractivity contribution in [2.75, 3.05) is 26.3 Å². The summed E-state index contributed by atoms with van der Waals surface area (Å²) < 4.78 is 44.0. The standard InChI is InChI=1S/C21H20F3NO2/c22-21(23,24)18-8-4-5-16(13-18)14-19(26)15-20(17-6-2-1-3-7-17)25-9-11-27-12-10-25/h1-8,13,15H,9-12,14H2. The fourth-order valence-electron chi connectivity index (χ4n) is 3.03. The SMILES string of the molecule is O=C(C=C(c1ccccc1)N1CCOCC1)Cc1cccc(C(F)(F)F)c1. The highest BCUT2D eigenvalue weighted by Gasteiger charge is 2.30. The summed E-state index contributed by atoms with van der Waals surface area (Å²) in [5.74, 6) is -0.236. The molecule has 0 aliphatic carbocycles. The second kappa shape index (κ2) is 8.39. The average Bonchev–Trinajstić information content (AvgIpc) is 2.67.